The second-order valence-electron chi connectivity index (χ2n) is 5.15. The van der Waals surface area contributed by atoms with Crippen molar-refractivity contribution in [2.75, 3.05) is 24.4 Å². The van der Waals surface area contributed by atoms with E-state index in [0.29, 0.717) is 16.2 Å². The zero-order valence-corrected chi connectivity index (χ0v) is 13.4. The normalized spacial score (nSPS) is 10.6. The van der Waals surface area contributed by atoms with Gasteiger partial charge in [-0.05, 0) is 42.5 Å². The van der Waals surface area contributed by atoms with E-state index in [0.717, 1.165) is 10.4 Å². The molecule has 0 fully saturated rings. The fourth-order valence-corrected chi connectivity index (χ4v) is 2.89. The van der Waals surface area contributed by atoms with Crippen molar-refractivity contribution in [2.45, 2.75) is 0 Å². The van der Waals surface area contributed by atoms with Gasteiger partial charge in [0.15, 0.2) is 0 Å². The molecule has 3 aromatic rings. The summed E-state index contributed by atoms with van der Waals surface area (Å²) in [6, 6.07) is 11.6. The van der Waals surface area contributed by atoms with Gasteiger partial charge in [-0.3, -0.25) is 15.6 Å². The molecule has 1 heterocycles. The highest BCUT2D eigenvalue weighted by atomic mass is 32.1. The van der Waals surface area contributed by atoms with Gasteiger partial charge in [0.25, 0.3) is 5.91 Å². The average molecular weight is 330 g/mol. The summed E-state index contributed by atoms with van der Waals surface area (Å²) >= 11 is 1.27. The Morgan fingerprint density at radius 3 is 2.61 bits per heavy atom. The molecule has 0 bridgehead atoms. The maximum atomic E-state index is 13.2. The number of carbonyl (C=O) groups excluding carboxylic acids is 1. The molecule has 3 rings (SSSR count). The molecule has 1 amide bonds. The molecule has 0 aliphatic rings. The minimum Gasteiger partial charge on any atom is -0.378 e. The molecule has 5 nitrogen and oxygen atoms in total. The topological polar surface area (TPSA) is 57.3 Å². The Hall–Kier alpha value is -2.67. The Kier molecular flexibility index (Phi) is 4.12. The van der Waals surface area contributed by atoms with Gasteiger partial charge in [-0.2, -0.15) is 0 Å². The van der Waals surface area contributed by atoms with E-state index in [-0.39, 0.29) is 11.7 Å². The average Bonchev–Trinajstić information content (AvgIpc) is 2.94. The molecule has 7 heteroatoms. The van der Waals surface area contributed by atoms with Crippen LogP contribution >= 0.6 is 11.3 Å². The zero-order valence-electron chi connectivity index (χ0n) is 12.6. The molecule has 0 spiro atoms. The highest BCUT2D eigenvalue weighted by Crippen LogP contribution is 2.25. The van der Waals surface area contributed by atoms with Crippen LogP contribution in [0.2, 0.25) is 0 Å². The Bertz CT molecular complexity index is 845. The van der Waals surface area contributed by atoms with Crippen LogP contribution in [0.25, 0.3) is 10.2 Å². The van der Waals surface area contributed by atoms with E-state index in [1.807, 2.05) is 31.1 Å². The summed E-state index contributed by atoms with van der Waals surface area (Å²) in [4.78, 5) is 18.3. The molecule has 118 valence electrons. The molecule has 0 aliphatic carbocycles. The number of hydrogen-bond acceptors (Lipinski definition) is 5. The lowest BCUT2D eigenvalue weighted by atomic mass is 10.2. The number of hydrogen-bond donors (Lipinski definition) is 2. The molecule has 0 radical (unpaired) electrons. The number of anilines is 2. The van der Waals surface area contributed by atoms with Gasteiger partial charge in [0.1, 0.15) is 5.82 Å². The molecule has 23 heavy (non-hydrogen) atoms. The first-order valence-corrected chi connectivity index (χ1v) is 7.74. The largest absolute Gasteiger partial charge is 0.378 e. The molecule has 0 atom stereocenters. The molecule has 0 saturated carbocycles. The number of amides is 1. The van der Waals surface area contributed by atoms with Crippen molar-refractivity contribution in [1.29, 1.82) is 0 Å². The fraction of sp³-hybridized carbons (Fsp3) is 0.125. The summed E-state index contributed by atoms with van der Waals surface area (Å²) in [5.74, 6) is -0.571. The molecular weight excluding hydrogens is 315 g/mol. The lowest BCUT2D eigenvalue weighted by molar-refractivity contribution is 0.0962. The lowest BCUT2D eigenvalue weighted by Crippen LogP contribution is -2.29. The summed E-state index contributed by atoms with van der Waals surface area (Å²) in [6.07, 6.45) is 0. The molecule has 0 aliphatic heterocycles. The van der Waals surface area contributed by atoms with E-state index in [1.165, 1.54) is 23.5 Å². The molecule has 2 aromatic carbocycles. The summed E-state index contributed by atoms with van der Waals surface area (Å²) in [5, 5.41) is 0.504. The third-order valence-corrected chi connectivity index (χ3v) is 4.21. The van der Waals surface area contributed by atoms with Crippen molar-refractivity contribution in [3.05, 3.63) is 53.8 Å². The van der Waals surface area contributed by atoms with Crippen molar-refractivity contribution in [2.24, 2.45) is 0 Å². The van der Waals surface area contributed by atoms with Gasteiger partial charge < -0.3 is 4.90 Å². The first-order valence-electron chi connectivity index (χ1n) is 6.93. The number of nitrogens with one attached hydrogen (secondary N) is 2. The van der Waals surface area contributed by atoms with E-state index in [1.54, 1.807) is 18.2 Å². The van der Waals surface area contributed by atoms with Crippen LogP contribution < -0.4 is 15.8 Å². The summed E-state index contributed by atoms with van der Waals surface area (Å²) in [6.45, 7) is 0. The quantitative estimate of drug-likeness (QED) is 0.721. The highest BCUT2D eigenvalue weighted by molar-refractivity contribution is 7.22. The van der Waals surface area contributed by atoms with Crippen LogP contribution in [-0.4, -0.2) is 25.0 Å². The van der Waals surface area contributed by atoms with Crippen LogP contribution in [0.5, 0.6) is 0 Å². The van der Waals surface area contributed by atoms with Crippen molar-refractivity contribution in [1.82, 2.24) is 10.4 Å². The second-order valence-corrected chi connectivity index (χ2v) is 6.18. The predicted octanol–water partition coefficient (Wildman–Crippen LogP) is 3.26. The van der Waals surface area contributed by atoms with Crippen LogP contribution in [0, 0.1) is 5.82 Å². The van der Waals surface area contributed by atoms with Crippen LogP contribution in [0.15, 0.2) is 42.5 Å². The number of nitrogens with zero attached hydrogens (tertiary/aromatic N) is 2. The van der Waals surface area contributed by atoms with E-state index in [2.05, 4.69) is 15.8 Å². The summed E-state index contributed by atoms with van der Waals surface area (Å²) < 4.78 is 13.9. The Morgan fingerprint density at radius 1 is 1.17 bits per heavy atom. The fourth-order valence-electron chi connectivity index (χ4n) is 2.05. The van der Waals surface area contributed by atoms with Gasteiger partial charge in [0.2, 0.25) is 5.13 Å². The molecule has 2 N–H and O–H groups in total. The first-order chi connectivity index (χ1) is 11.0. The lowest BCUT2D eigenvalue weighted by Gasteiger charge is -2.12. The predicted molar refractivity (Wildman–Crippen MR) is 91.4 cm³/mol. The monoisotopic (exact) mass is 330 g/mol. The molecule has 0 saturated heterocycles. The number of rotatable bonds is 4. The summed E-state index contributed by atoms with van der Waals surface area (Å²) in [5.41, 5.74) is 7.59. The van der Waals surface area contributed by atoms with Crippen molar-refractivity contribution in [3.63, 3.8) is 0 Å². The minimum absolute atomic E-state index is 0.263. The third-order valence-electron chi connectivity index (χ3n) is 3.28. The van der Waals surface area contributed by atoms with Crippen LogP contribution in [0.3, 0.4) is 0 Å². The maximum absolute atomic E-state index is 13.2. The van der Waals surface area contributed by atoms with Gasteiger partial charge in [0.05, 0.1) is 10.2 Å². The number of benzene rings is 2. The van der Waals surface area contributed by atoms with Crippen LogP contribution in [0.1, 0.15) is 10.4 Å². The Morgan fingerprint density at radius 2 is 1.91 bits per heavy atom. The van der Waals surface area contributed by atoms with Crippen LogP contribution in [0.4, 0.5) is 15.2 Å². The van der Waals surface area contributed by atoms with Gasteiger partial charge in [0, 0.05) is 25.3 Å². The van der Waals surface area contributed by atoms with E-state index < -0.39 is 0 Å². The molecule has 1 aromatic heterocycles. The zero-order chi connectivity index (χ0) is 16.4. The smallest absolute Gasteiger partial charge is 0.269 e. The third kappa shape index (κ3) is 3.40. The van der Waals surface area contributed by atoms with E-state index in [9.17, 15) is 9.18 Å². The summed E-state index contributed by atoms with van der Waals surface area (Å²) in [7, 11) is 3.87. The van der Waals surface area contributed by atoms with E-state index >= 15 is 0 Å². The second kappa shape index (κ2) is 6.21. The highest BCUT2D eigenvalue weighted by Gasteiger charge is 2.08. The number of hydrazine groups is 1. The van der Waals surface area contributed by atoms with E-state index in [4.69, 9.17) is 0 Å². The number of halogens is 1. The number of thiazole rings is 1. The van der Waals surface area contributed by atoms with Gasteiger partial charge in [-0.15, -0.1) is 0 Å². The number of carbonyl (C=O) groups is 1. The number of aromatic nitrogens is 1. The Balaban J connectivity index is 1.67. The van der Waals surface area contributed by atoms with Gasteiger partial charge in [-0.25, -0.2) is 9.37 Å². The SMILES string of the molecule is CN(C)c1ccc(C(=O)NNc2nc3ccc(F)cc3s2)cc1. The first kappa shape index (κ1) is 15.2. The van der Waals surface area contributed by atoms with Crippen molar-refractivity contribution in [3.8, 4) is 0 Å². The molecular formula is C16H15FN4OS. The van der Waals surface area contributed by atoms with Crippen molar-refractivity contribution < 1.29 is 9.18 Å². The van der Waals surface area contributed by atoms with Gasteiger partial charge in [-0.1, -0.05) is 11.3 Å². The standard InChI is InChI=1S/C16H15FN4OS/c1-21(2)12-6-3-10(4-7-12)15(22)19-20-16-18-13-8-5-11(17)9-14(13)23-16/h3-9H,1-2H3,(H,18,20)(H,19,22). The van der Waals surface area contributed by atoms with Gasteiger partial charge >= 0.3 is 0 Å². The van der Waals surface area contributed by atoms with Crippen molar-refractivity contribution >= 4 is 38.3 Å². The maximum Gasteiger partial charge on any atom is 0.269 e. The Labute approximate surface area is 136 Å². The minimum atomic E-state index is -0.308. The molecule has 0 unspecified atom stereocenters. The van der Waals surface area contributed by atoms with Crippen LogP contribution in [-0.2, 0) is 0 Å². The number of fused-ring (bicyclic) bond motifs is 1.